The molecule has 0 bridgehead atoms. The molecule has 5 heteroatoms. The van der Waals surface area contributed by atoms with Crippen LogP contribution in [0.3, 0.4) is 0 Å². The van der Waals surface area contributed by atoms with Gasteiger partial charge in [0.25, 0.3) is 0 Å². The molecule has 50 heavy (non-hydrogen) atoms. The summed E-state index contributed by atoms with van der Waals surface area (Å²) in [7, 11) is 4.04. The molecule has 0 rings (SSSR count). The van der Waals surface area contributed by atoms with Crippen LogP contribution in [0.2, 0.25) is 0 Å². The third-order valence-electron chi connectivity index (χ3n) is 9.74. The zero-order valence-electron chi connectivity index (χ0n) is 34.4. The third-order valence-corrected chi connectivity index (χ3v) is 9.74. The third kappa shape index (κ3) is 39.6. The first-order valence-electron chi connectivity index (χ1n) is 22.0. The van der Waals surface area contributed by atoms with Crippen LogP contribution in [-0.2, 0) is 14.3 Å². The molecule has 0 heterocycles. The zero-order valence-corrected chi connectivity index (χ0v) is 34.4. The zero-order chi connectivity index (χ0) is 36.4. The average molecular weight is 705 g/mol. The Morgan fingerprint density at radius 2 is 0.740 bits per heavy atom. The number of amides is 1. The number of unbranched alkanes of at least 4 members (excludes halogenated alkanes) is 24. The molecule has 0 N–H and O–H groups in total. The van der Waals surface area contributed by atoms with Crippen LogP contribution in [0.15, 0.2) is 24.3 Å². The fourth-order valence-corrected chi connectivity index (χ4v) is 6.30. The molecule has 0 aliphatic rings. The molecule has 0 spiro atoms. The van der Waals surface area contributed by atoms with Crippen molar-refractivity contribution in [2.45, 2.75) is 200 Å². The Morgan fingerprint density at radius 1 is 0.420 bits per heavy atom. The molecule has 0 saturated carbocycles. The molecule has 0 aliphatic carbocycles. The van der Waals surface area contributed by atoms with Gasteiger partial charge in [0.1, 0.15) is 0 Å². The number of ether oxygens (including phenoxy) is 2. The lowest BCUT2D eigenvalue weighted by Crippen LogP contribution is -2.38. The average Bonchev–Trinajstić information content (AvgIpc) is 3.11. The highest BCUT2D eigenvalue weighted by Gasteiger charge is 2.13. The first-order valence-corrected chi connectivity index (χ1v) is 22.0. The summed E-state index contributed by atoms with van der Waals surface area (Å²) in [5.41, 5.74) is 0. The Bertz CT molecular complexity index is 675. The first-order chi connectivity index (χ1) is 24.6. The minimum atomic E-state index is 0.209. The predicted molar refractivity (Wildman–Crippen MR) is 220 cm³/mol. The molecule has 0 aliphatic heterocycles. The van der Waals surface area contributed by atoms with Gasteiger partial charge in [0.2, 0.25) is 5.91 Å². The lowest BCUT2D eigenvalue weighted by atomic mass is 10.1. The van der Waals surface area contributed by atoms with Crippen LogP contribution in [0.1, 0.15) is 200 Å². The van der Waals surface area contributed by atoms with Crippen LogP contribution in [-0.4, -0.2) is 75.9 Å². The number of hydrogen-bond acceptors (Lipinski definition) is 4. The number of carbonyl (C=O) groups excluding carboxylic acids is 1. The summed E-state index contributed by atoms with van der Waals surface area (Å²) < 4.78 is 11.9. The highest BCUT2D eigenvalue weighted by Crippen LogP contribution is 2.12. The van der Waals surface area contributed by atoms with Crippen molar-refractivity contribution in [2.24, 2.45) is 0 Å². The summed E-state index contributed by atoms with van der Waals surface area (Å²) in [4.78, 5) is 16.9. The van der Waals surface area contributed by atoms with Gasteiger partial charge in [-0.2, -0.15) is 0 Å². The minimum Gasteiger partial charge on any atom is -0.380 e. The molecule has 0 aromatic carbocycles. The van der Waals surface area contributed by atoms with E-state index in [0.717, 1.165) is 32.6 Å². The van der Waals surface area contributed by atoms with Gasteiger partial charge in [0, 0.05) is 39.3 Å². The van der Waals surface area contributed by atoms with Gasteiger partial charge in [0.05, 0.1) is 13.2 Å². The highest BCUT2D eigenvalue weighted by atomic mass is 16.5. The van der Waals surface area contributed by atoms with Crippen molar-refractivity contribution in [3.8, 4) is 0 Å². The maximum atomic E-state index is 12.9. The highest BCUT2D eigenvalue weighted by molar-refractivity contribution is 5.76. The molecule has 0 atom stereocenters. The van der Waals surface area contributed by atoms with Crippen LogP contribution >= 0.6 is 0 Å². The van der Waals surface area contributed by atoms with Crippen molar-refractivity contribution in [3.63, 3.8) is 0 Å². The largest absolute Gasteiger partial charge is 0.380 e. The molecule has 296 valence electrons. The Hall–Kier alpha value is -1.17. The van der Waals surface area contributed by atoms with Crippen LogP contribution in [0.25, 0.3) is 0 Å². The molecule has 0 unspecified atom stereocenters. The van der Waals surface area contributed by atoms with Crippen molar-refractivity contribution < 1.29 is 14.3 Å². The Balaban J connectivity index is 3.76. The van der Waals surface area contributed by atoms with E-state index in [2.05, 4.69) is 43.1 Å². The van der Waals surface area contributed by atoms with E-state index in [9.17, 15) is 4.79 Å². The normalized spacial score (nSPS) is 11.9. The van der Waals surface area contributed by atoms with Crippen molar-refractivity contribution in [3.05, 3.63) is 24.3 Å². The Labute approximate surface area is 313 Å². The molecular weight excluding hydrogens is 617 g/mol. The summed E-state index contributed by atoms with van der Waals surface area (Å²) in [6.45, 7) is 9.51. The Morgan fingerprint density at radius 3 is 1.08 bits per heavy atom. The second-order valence-electron chi connectivity index (χ2n) is 15.0. The molecule has 0 aromatic rings. The van der Waals surface area contributed by atoms with Gasteiger partial charge < -0.3 is 19.3 Å². The molecule has 5 nitrogen and oxygen atoms in total. The molecule has 1 amide bonds. The van der Waals surface area contributed by atoms with E-state index in [0.29, 0.717) is 32.7 Å². The van der Waals surface area contributed by atoms with E-state index < -0.39 is 0 Å². The van der Waals surface area contributed by atoms with Gasteiger partial charge in [-0.3, -0.25) is 4.79 Å². The van der Waals surface area contributed by atoms with Gasteiger partial charge in [-0.1, -0.05) is 154 Å². The predicted octanol–water partition coefficient (Wildman–Crippen LogP) is 12.9. The summed E-state index contributed by atoms with van der Waals surface area (Å²) in [6.07, 6.45) is 47.1. The molecule has 0 saturated heterocycles. The van der Waals surface area contributed by atoms with Crippen LogP contribution in [0.5, 0.6) is 0 Å². The van der Waals surface area contributed by atoms with Gasteiger partial charge in [-0.05, 0) is 78.3 Å². The number of hydrogen-bond donors (Lipinski definition) is 0. The molecule has 0 fully saturated rings. The smallest absolute Gasteiger partial charge is 0.224 e. The van der Waals surface area contributed by atoms with Gasteiger partial charge >= 0.3 is 0 Å². The lowest BCUT2D eigenvalue weighted by molar-refractivity contribution is -0.133. The number of rotatable bonds is 41. The summed E-state index contributed by atoms with van der Waals surface area (Å²) in [5, 5.41) is 0. The van der Waals surface area contributed by atoms with E-state index in [-0.39, 0.29) is 5.91 Å². The van der Waals surface area contributed by atoms with Crippen molar-refractivity contribution >= 4 is 5.91 Å². The van der Waals surface area contributed by atoms with Gasteiger partial charge in [-0.25, -0.2) is 0 Å². The number of nitrogens with zero attached hydrogens (tertiary/aromatic N) is 2. The second-order valence-corrected chi connectivity index (χ2v) is 15.0. The maximum Gasteiger partial charge on any atom is 0.224 e. The van der Waals surface area contributed by atoms with Crippen LogP contribution < -0.4 is 0 Å². The molecular formula is C45H88N2O3. The SMILES string of the molecule is CCCCCCCC/C=C\CCCCCCCCOCCN(CCOCCCCCCCC/C=C\CCCCCCCC)C(=O)CCN(C)C. The standard InChI is InChI=1S/C45H88N2O3/c1-5-7-9-11-13-15-17-19-21-23-25-27-29-31-33-35-41-49-43-39-47(45(48)37-38-46(3)4)40-44-50-42-36-34-32-30-28-26-24-22-20-18-16-14-12-10-8-6-2/h19-22H,5-18,23-44H2,1-4H3/b21-19-,22-20-. The van der Waals surface area contributed by atoms with E-state index in [1.807, 2.05) is 19.0 Å². The fourth-order valence-electron chi connectivity index (χ4n) is 6.30. The van der Waals surface area contributed by atoms with E-state index in [1.54, 1.807) is 0 Å². The maximum absolute atomic E-state index is 12.9. The van der Waals surface area contributed by atoms with Crippen molar-refractivity contribution in [1.29, 1.82) is 0 Å². The van der Waals surface area contributed by atoms with Crippen molar-refractivity contribution in [1.82, 2.24) is 9.80 Å². The first kappa shape index (κ1) is 48.8. The number of carbonyl (C=O) groups is 1. The summed E-state index contributed by atoms with van der Waals surface area (Å²) in [6, 6.07) is 0. The quantitative estimate of drug-likeness (QED) is 0.0469. The van der Waals surface area contributed by atoms with Gasteiger partial charge in [0.15, 0.2) is 0 Å². The fraction of sp³-hybridized carbons (Fsp3) is 0.889. The minimum absolute atomic E-state index is 0.209. The monoisotopic (exact) mass is 705 g/mol. The van der Waals surface area contributed by atoms with Crippen LogP contribution in [0, 0.1) is 0 Å². The Kier molecular flexibility index (Phi) is 41.3. The van der Waals surface area contributed by atoms with Gasteiger partial charge in [-0.15, -0.1) is 0 Å². The van der Waals surface area contributed by atoms with E-state index in [4.69, 9.17) is 9.47 Å². The number of allylic oxidation sites excluding steroid dienone is 4. The second kappa shape index (κ2) is 42.2. The topological polar surface area (TPSA) is 42.0 Å². The molecule has 0 aromatic heterocycles. The lowest BCUT2D eigenvalue weighted by Gasteiger charge is -2.23. The van der Waals surface area contributed by atoms with E-state index in [1.165, 1.54) is 167 Å². The molecule has 0 radical (unpaired) electrons. The summed E-state index contributed by atoms with van der Waals surface area (Å²) in [5.74, 6) is 0.209. The summed E-state index contributed by atoms with van der Waals surface area (Å²) >= 11 is 0. The van der Waals surface area contributed by atoms with E-state index >= 15 is 0 Å². The van der Waals surface area contributed by atoms with Crippen LogP contribution in [0.4, 0.5) is 0 Å². The van der Waals surface area contributed by atoms with Crippen molar-refractivity contribution in [2.75, 3.05) is 60.2 Å².